The maximum Gasteiger partial charge on any atom is 0.292 e. The lowest BCUT2D eigenvalue weighted by Crippen LogP contribution is -2.45. The Morgan fingerprint density at radius 1 is 1.24 bits per heavy atom. The maximum absolute atomic E-state index is 12.9. The molecule has 1 amide bonds. The van der Waals surface area contributed by atoms with Gasteiger partial charge < -0.3 is 19.9 Å². The minimum Gasteiger partial charge on any atom is -0.382 e. The lowest BCUT2D eigenvalue weighted by molar-refractivity contribution is -0.129. The Morgan fingerprint density at radius 2 is 1.97 bits per heavy atom. The van der Waals surface area contributed by atoms with Crippen LogP contribution in [0.5, 0.6) is 0 Å². The predicted molar refractivity (Wildman–Crippen MR) is 131 cm³/mol. The number of rotatable bonds is 6. The van der Waals surface area contributed by atoms with Gasteiger partial charge in [-0.15, -0.1) is 0 Å². The van der Waals surface area contributed by atoms with E-state index in [4.69, 9.17) is 16.3 Å². The van der Waals surface area contributed by atoms with E-state index in [-0.39, 0.29) is 16.5 Å². The number of carbonyl (C=O) groups excluding carboxylic acids is 1. The summed E-state index contributed by atoms with van der Waals surface area (Å²) in [5.41, 5.74) is 1.93. The molecule has 4 rings (SSSR count). The van der Waals surface area contributed by atoms with Crippen molar-refractivity contribution in [1.82, 2.24) is 14.7 Å². The molecule has 0 aliphatic carbocycles. The molecule has 1 unspecified atom stereocenters. The minimum atomic E-state index is -0.348. The third kappa shape index (κ3) is 5.50. The van der Waals surface area contributed by atoms with Gasteiger partial charge >= 0.3 is 0 Å². The Hall–Kier alpha value is -2.58. The van der Waals surface area contributed by atoms with Crippen LogP contribution >= 0.6 is 11.6 Å². The molecule has 2 saturated heterocycles. The first kappa shape index (κ1) is 23.6. The minimum absolute atomic E-state index is 0.139. The van der Waals surface area contributed by atoms with E-state index in [1.54, 1.807) is 13.1 Å². The average Bonchev–Trinajstić information content (AvgIpc) is 2.85. The van der Waals surface area contributed by atoms with E-state index >= 15 is 0 Å². The summed E-state index contributed by atoms with van der Waals surface area (Å²) in [5, 5.41) is 7.73. The number of halogens is 1. The zero-order chi connectivity index (χ0) is 23.4. The fourth-order valence-electron chi connectivity index (χ4n) is 4.57. The van der Waals surface area contributed by atoms with E-state index in [1.165, 1.54) is 4.68 Å². The molecule has 2 fully saturated rings. The van der Waals surface area contributed by atoms with E-state index in [2.05, 4.69) is 22.4 Å². The molecule has 33 heavy (non-hydrogen) atoms. The summed E-state index contributed by atoms with van der Waals surface area (Å²) in [6.45, 7) is 5.45. The number of likely N-dealkylation sites (tertiary alicyclic amines) is 1. The van der Waals surface area contributed by atoms with E-state index in [0.717, 1.165) is 57.7 Å². The molecule has 3 heterocycles. The summed E-state index contributed by atoms with van der Waals surface area (Å²) in [6.07, 6.45) is 5.65. The van der Waals surface area contributed by atoms with Crippen LogP contribution in [0.25, 0.3) is 5.69 Å². The van der Waals surface area contributed by atoms with Gasteiger partial charge in [-0.05, 0) is 55.9 Å². The number of aromatic nitrogens is 2. The van der Waals surface area contributed by atoms with E-state index in [1.807, 2.05) is 29.2 Å². The largest absolute Gasteiger partial charge is 0.382 e. The molecule has 8 nitrogen and oxygen atoms in total. The van der Waals surface area contributed by atoms with Gasteiger partial charge in [-0.3, -0.25) is 9.59 Å². The molecule has 2 aliphatic heterocycles. The number of anilines is 2. The van der Waals surface area contributed by atoms with Gasteiger partial charge in [0.05, 0.1) is 24.2 Å². The van der Waals surface area contributed by atoms with Crippen molar-refractivity contribution in [2.24, 2.45) is 5.92 Å². The Balaban J connectivity index is 1.41. The number of nitrogens with one attached hydrogen (secondary N) is 1. The first-order chi connectivity index (χ1) is 15.9. The summed E-state index contributed by atoms with van der Waals surface area (Å²) < 4.78 is 6.83. The number of ether oxygens (including phenoxy) is 1. The highest BCUT2D eigenvalue weighted by atomic mass is 35.5. The molecule has 1 aromatic carbocycles. The van der Waals surface area contributed by atoms with Gasteiger partial charge in [-0.2, -0.15) is 9.78 Å². The van der Waals surface area contributed by atoms with Gasteiger partial charge in [-0.1, -0.05) is 11.6 Å². The zero-order valence-corrected chi connectivity index (χ0v) is 20.1. The standard InChI is InChI=1S/C24H32ClN5O3/c1-17(31)29-11-9-20(10-12-29)28(2)19-5-7-21(8-6-19)30-24(32)23(25)22(15-27-30)26-14-18-4-3-13-33-16-18/h5-8,15,18,20,26H,3-4,9-14,16H2,1-2H3. The van der Waals surface area contributed by atoms with Gasteiger partial charge in [0.2, 0.25) is 5.91 Å². The second kappa shape index (κ2) is 10.6. The predicted octanol–water partition coefficient (Wildman–Crippen LogP) is 3.17. The summed E-state index contributed by atoms with van der Waals surface area (Å²) in [6, 6.07) is 8.12. The SMILES string of the molecule is CC(=O)N1CCC(N(C)c2ccc(-n3ncc(NCC4CCCOC4)c(Cl)c3=O)cc2)CC1. The highest BCUT2D eigenvalue weighted by Gasteiger charge is 2.24. The number of carbonyl (C=O) groups is 1. The summed E-state index contributed by atoms with van der Waals surface area (Å²) in [5.74, 6) is 0.553. The Kier molecular flexibility index (Phi) is 7.55. The van der Waals surface area contributed by atoms with E-state index < -0.39 is 0 Å². The summed E-state index contributed by atoms with van der Waals surface area (Å²) in [4.78, 5) is 28.6. The van der Waals surface area contributed by atoms with Crippen LogP contribution < -0.4 is 15.8 Å². The molecule has 1 aromatic heterocycles. The number of piperidine rings is 1. The molecule has 1 N–H and O–H groups in total. The van der Waals surface area contributed by atoms with Crippen LogP contribution in [0.2, 0.25) is 5.02 Å². The number of amides is 1. The molecule has 1 atom stereocenters. The second-order valence-corrected chi connectivity index (χ2v) is 9.30. The van der Waals surface area contributed by atoms with Crippen molar-refractivity contribution < 1.29 is 9.53 Å². The number of hydrogen-bond acceptors (Lipinski definition) is 6. The quantitative estimate of drug-likeness (QED) is 0.694. The van der Waals surface area contributed by atoms with Crippen LogP contribution in [0, 0.1) is 5.92 Å². The van der Waals surface area contributed by atoms with Crippen molar-refractivity contribution in [3.05, 3.63) is 45.8 Å². The Morgan fingerprint density at radius 3 is 2.61 bits per heavy atom. The lowest BCUT2D eigenvalue weighted by atomic mass is 10.0. The van der Waals surface area contributed by atoms with Crippen LogP contribution in [0.3, 0.4) is 0 Å². The topological polar surface area (TPSA) is 79.7 Å². The third-order valence-electron chi connectivity index (χ3n) is 6.71. The lowest BCUT2D eigenvalue weighted by Gasteiger charge is -2.37. The fraction of sp³-hybridized carbons (Fsp3) is 0.542. The van der Waals surface area contributed by atoms with E-state index in [9.17, 15) is 9.59 Å². The van der Waals surface area contributed by atoms with Crippen molar-refractivity contribution in [2.75, 3.05) is 50.1 Å². The van der Waals surface area contributed by atoms with Crippen LogP contribution in [0.4, 0.5) is 11.4 Å². The molecule has 178 valence electrons. The van der Waals surface area contributed by atoms with Crippen molar-refractivity contribution in [3.8, 4) is 5.69 Å². The summed E-state index contributed by atoms with van der Waals surface area (Å²) >= 11 is 6.38. The maximum atomic E-state index is 12.9. The van der Waals surface area contributed by atoms with Crippen molar-refractivity contribution in [2.45, 2.75) is 38.6 Å². The Bertz CT molecular complexity index is 1010. The first-order valence-corrected chi connectivity index (χ1v) is 12.0. The first-order valence-electron chi connectivity index (χ1n) is 11.6. The molecule has 0 spiro atoms. The second-order valence-electron chi connectivity index (χ2n) is 8.92. The number of nitrogens with zero attached hydrogens (tertiary/aromatic N) is 4. The number of hydrogen-bond donors (Lipinski definition) is 1. The van der Waals surface area contributed by atoms with Gasteiger partial charge in [0.25, 0.3) is 5.56 Å². The molecule has 0 radical (unpaired) electrons. The molecule has 2 aromatic rings. The van der Waals surface area contributed by atoms with E-state index in [0.29, 0.717) is 29.9 Å². The van der Waals surface area contributed by atoms with Crippen molar-refractivity contribution >= 4 is 28.9 Å². The molecule has 2 aliphatic rings. The van der Waals surface area contributed by atoms with Crippen LogP contribution in [0.15, 0.2) is 35.3 Å². The zero-order valence-electron chi connectivity index (χ0n) is 19.3. The van der Waals surface area contributed by atoms with Gasteiger partial charge in [0.15, 0.2) is 0 Å². The average molecular weight is 474 g/mol. The highest BCUT2D eigenvalue weighted by molar-refractivity contribution is 6.32. The number of benzene rings is 1. The van der Waals surface area contributed by atoms with Crippen LogP contribution in [-0.2, 0) is 9.53 Å². The van der Waals surface area contributed by atoms with Gasteiger partial charge in [0.1, 0.15) is 5.02 Å². The van der Waals surface area contributed by atoms with Gasteiger partial charge in [-0.25, -0.2) is 0 Å². The Labute approximate surface area is 199 Å². The van der Waals surface area contributed by atoms with Crippen molar-refractivity contribution in [1.29, 1.82) is 0 Å². The molecule has 0 saturated carbocycles. The highest BCUT2D eigenvalue weighted by Crippen LogP contribution is 2.24. The molecule has 0 bridgehead atoms. The molecule has 9 heteroatoms. The molecular formula is C24H32ClN5O3. The normalized spacial score (nSPS) is 19.4. The summed E-state index contributed by atoms with van der Waals surface area (Å²) in [7, 11) is 2.07. The van der Waals surface area contributed by atoms with Crippen molar-refractivity contribution in [3.63, 3.8) is 0 Å². The van der Waals surface area contributed by atoms with Gasteiger partial charge in [0, 0.05) is 51.9 Å². The smallest absolute Gasteiger partial charge is 0.292 e. The molecular weight excluding hydrogens is 442 g/mol. The monoisotopic (exact) mass is 473 g/mol. The van der Waals surface area contributed by atoms with Crippen LogP contribution in [-0.4, -0.2) is 66.5 Å². The fourth-order valence-corrected chi connectivity index (χ4v) is 4.77. The third-order valence-corrected chi connectivity index (χ3v) is 7.08. The van der Waals surface area contributed by atoms with Crippen LogP contribution in [0.1, 0.15) is 32.6 Å².